The number of nitrogens with one attached hydrogen (secondary N) is 1. The second kappa shape index (κ2) is 6.44. The van der Waals surface area contributed by atoms with E-state index in [4.69, 9.17) is 9.84 Å². The van der Waals surface area contributed by atoms with E-state index in [0.717, 1.165) is 10.7 Å². The number of thiazole rings is 1. The predicted octanol–water partition coefficient (Wildman–Crippen LogP) is 1.53. The van der Waals surface area contributed by atoms with E-state index in [0.29, 0.717) is 18.2 Å². The maximum absolute atomic E-state index is 8.69. The molecule has 7 heteroatoms. The molecule has 0 radical (unpaired) electrons. The molecule has 0 aliphatic heterocycles. The minimum absolute atomic E-state index is 0.0450. The number of hydrogen-bond acceptors (Lipinski definition) is 7. The van der Waals surface area contributed by atoms with Crippen molar-refractivity contribution >= 4 is 17.2 Å². The van der Waals surface area contributed by atoms with Crippen molar-refractivity contribution in [3.05, 3.63) is 28.0 Å². The molecule has 0 saturated heterocycles. The number of ether oxygens (including phenoxy) is 1. The van der Waals surface area contributed by atoms with Crippen LogP contribution in [0.15, 0.2) is 12.4 Å². The van der Waals surface area contributed by atoms with Gasteiger partial charge >= 0.3 is 0 Å². The topological polar surface area (TPSA) is 80.2 Å². The molecule has 0 bridgehead atoms. The fourth-order valence-corrected chi connectivity index (χ4v) is 2.40. The van der Waals surface area contributed by atoms with E-state index in [1.165, 1.54) is 11.1 Å². The Hall–Kier alpha value is -1.73. The van der Waals surface area contributed by atoms with E-state index >= 15 is 0 Å². The maximum atomic E-state index is 8.69. The highest BCUT2D eigenvalue weighted by Crippen LogP contribution is 2.17. The third-order valence-electron chi connectivity index (χ3n) is 2.39. The normalized spacial score (nSPS) is 10.5. The molecule has 0 fully saturated rings. The van der Waals surface area contributed by atoms with E-state index in [-0.39, 0.29) is 13.2 Å². The zero-order chi connectivity index (χ0) is 13.7. The van der Waals surface area contributed by atoms with Crippen LogP contribution in [0.2, 0.25) is 0 Å². The SMILES string of the molecule is Cc1nc(CNc2cncc(OCCO)n2)c(C)s1. The van der Waals surface area contributed by atoms with Crippen molar-refractivity contribution in [1.82, 2.24) is 15.0 Å². The van der Waals surface area contributed by atoms with Crippen molar-refractivity contribution in [2.45, 2.75) is 20.4 Å². The summed E-state index contributed by atoms with van der Waals surface area (Å²) in [6, 6.07) is 0. The number of hydrogen-bond donors (Lipinski definition) is 2. The summed E-state index contributed by atoms with van der Waals surface area (Å²) >= 11 is 1.68. The summed E-state index contributed by atoms with van der Waals surface area (Å²) in [6.45, 7) is 4.81. The number of aryl methyl sites for hydroxylation is 2. The Bertz CT molecular complexity index is 544. The van der Waals surface area contributed by atoms with Gasteiger partial charge in [0.05, 0.1) is 36.2 Å². The summed E-state index contributed by atoms with van der Waals surface area (Å²) < 4.78 is 5.20. The van der Waals surface area contributed by atoms with Gasteiger partial charge in [-0.15, -0.1) is 11.3 Å². The van der Waals surface area contributed by atoms with E-state index in [1.54, 1.807) is 17.5 Å². The first-order valence-corrected chi connectivity index (χ1v) is 6.73. The van der Waals surface area contributed by atoms with Gasteiger partial charge in [0.2, 0.25) is 5.88 Å². The molecule has 0 spiro atoms. The molecule has 2 N–H and O–H groups in total. The fourth-order valence-electron chi connectivity index (χ4n) is 1.56. The van der Waals surface area contributed by atoms with Crippen LogP contribution >= 0.6 is 11.3 Å². The average molecular weight is 280 g/mol. The number of aliphatic hydroxyl groups is 1. The molecular weight excluding hydrogens is 264 g/mol. The van der Waals surface area contributed by atoms with Gasteiger partial charge in [-0.1, -0.05) is 0 Å². The molecule has 0 aliphatic carbocycles. The van der Waals surface area contributed by atoms with E-state index < -0.39 is 0 Å². The van der Waals surface area contributed by atoms with E-state index in [1.807, 2.05) is 13.8 Å². The molecule has 2 heterocycles. The van der Waals surface area contributed by atoms with Gasteiger partial charge in [-0.2, -0.15) is 4.98 Å². The van der Waals surface area contributed by atoms with Crippen LogP contribution in [0.1, 0.15) is 15.6 Å². The highest BCUT2D eigenvalue weighted by Gasteiger charge is 2.05. The van der Waals surface area contributed by atoms with Crippen LogP contribution in [-0.2, 0) is 6.54 Å². The molecule has 6 nitrogen and oxygen atoms in total. The highest BCUT2D eigenvalue weighted by molar-refractivity contribution is 7.11. The van der Waals surface area contributed by atoms with Crippen LogP contribution in [-0.4, -0.2) is 33.3 Å². The quantitative estimate of drug-likeness (QED) is 0.835. The van der Waals surface area contributed by atoms with Crippen molar-refractivity contribution in [2.24, 2.45) is 0 Å². The van der Waals surface area contributed by atoms with Crippen LogP contribution < -0.4 is 10.1 Å². The largest absolute Gasteiger partial charge is 0.474 e. The first-order chi connectivity index (χ1) is 9.19. The van der Waals surface area contributed by atoms with Crippen LogP contribution in [0.5, 0.6) is 5.88 Å². The first kappa shape index (κ1) is 13.7. The van der Waals surface area contributed by atoms with Crippen molar-refractivity contribution in [2.75, 3.05) is 18.5 Å². The third-order valence-corrected chi connectivity index (χ3v) is 3.32. The Morgan fingerprint density at radius 1 is 1.32 bits per heavy atom. The number of aliphatic hydroxyl groups excluding tert-OH is 1. The summed E-state index contributed by atoms with van der Waals surface area (Å²) in [4.78, 5) is 13.9. The second-order valence-corrected chi connectivity index (χ2v) is 5.31. The lowest BCUT2D eigenvalue weighted by molar-refractivity contribution is 0.196. The molecule has 19 heavy (non-hydrogen) atoms. The second-order valence-electron chi connectivity index (χ2n) is 3.90. The molecule has 0 saturated carbocycles. The molecule has 2 rings (SSSR count). The van der Waals surface area contributed by atoms with Crippen molar-refractivity contribution in [3.8, 4) is 5.88 Å². The van der Waals surface area contributed by atoms with Crippen LogP contribution in [0.4, 0.5) is 5.82 Å². The van der Waals surface area contributed by atoms with E-state index in [9.17, 15) is 0 Å². The van der Waals surface area contributed by atoms with Crippen LogP contribution in [0, 0.1) is 13.8 Å². The summed E-state index contributed by atoms with van der Waals surface area (Å²) in [5, 5.41) is 12.9. The van der Waals surface area contributed by atoms with Gasteiger partial charge in [-0.3, -0.25) is 4.98 Å². The lowest BCUT2D eigenvalue weighted by Crippen LogP contribution is -2.07. The minimum atomic E-state index is -0.0450. The van der Waals surface area contributed by atoms with Gasteiger partial charge in [0, 0.05) is 4.88 Å². The molecular formula is C12H16N4O2S. The maximum Gasteiger partial charge on any atom is 0.234 e. The number of nitrogens with zero attached hydrogens (tertiary/aromatic N) is 3. The molecule has 0 amide bonds. The van der Waals surface area contributed by atoms with Crippen molar-refractivity contribution in [3.63, 3.8) is 0 Å². The van der Waals surface area contributed by atoms with Gasteiger partial charge in [-0.25, -0.2) is 4.98 Å². The molecule has 0 atom stereocenters. The Morgan fingerprint density at radius 2 is 2.16 bits per heavy atom. The smallest absolute Gasteiger partial charge is 0.234 e. The Kier molecular flexibility index (Phi) is 4.64. The third kappa shape index (κ3) is 3.87. The Balaban J connectivity index is 1.97. The van der Waals surface area contributed by atoms with Crippen LogP contribution in [0.25, 0.3) is 0 Å². The van der Waals surface area contributed by atoms with Gasteiger partial charge in [0.25, 0.3) is 0 Å². The van der Waals surface area contributed by atoms with Crippen molar-refractivity contribution < 1.29 is 9.84 Å². The minimum Gasteiger partial charge on any atom is -0.474 e. The molecule has 102 valence electrons. The van der Waals surface area contributed by atoms with Gasteiger partial charge < -0.3 is 15.2 Å². The Labute approximate surface area is 115 Å². The molecule has 2 aromatic heterocycles. The number of rotatable bonds is 6. The number of aromatic nitrogens is 3. The van der Waals surface area contributed by atoms with Crippen molar-refractivity contribution in [1.29, 1.82) is 0 Å². The zero-order valence-corrected chi connectivity index (χ0v) is 11.7. The molecule has 0 aliphatic rings. The summed E-state index contributed by atoms with van der Waals surface area (Å²) in [5.74, 6) is 1.02. The average Bonchev–Trinajstić information content (AvgIpc) is 2.73. The monoisotopic (exact) mass is 280 g/mol. The zero-order valence-electron chi connectivity index (χ0n) is 10.9. The number of anilines is 1. The van der Waals surface area contributed by atoms with Gasteiger partial charge in [-0.05, 0) is 13.8 Å². The lowest BCUT2D eigenvalue weighted by atomic mass is 10.4. The summed E-state index contributed by atoms with van der Waals surface area (Å²) in [5.41, 5.74) is 1.02. The predicted molar refractivity (Wildman–Crippen MR) is 73.5 cm³/mol. The lowest BCUT2D eigenvalue weighted by Gasteiger charge is -2.06. The highest BCUT2D eigenvalue weighted by atomic mass is 32.1. The summed E-state index contributed by atoms with van der Waals surface area (Å²) in [6.07, 6.45) is 3.14. The van der Waals surface area contributed by atoms with Crippen LogP contribution in [0.3, 0.4) is 0 Å². The molecule has 0 aromatic carbocycles. The standard InChI is InChI=1S/C12H16N4O2S/c1-8-10(15-9(2)19-8)5-14-11-6-13-7-12(16-11)18-4-3-17/h6-7,17H,3-5H2,1-2H3,(H,14,16). The van der Waals surface area contributed by atoms with Gasteiger partial charge in [0.15, 0.2) is 0 Å². The Morgan fingerprint density at radius 3 is 2.84 bits per heavy atom. The van der Waals surface area contributed by atoms with Gasteiger partial charge in [0.1, 0.15) is 12.4 Å². The fraction of sp³-hybridized carbons (Fsp3) is 0.417. The molecule has 2 aromatic rings. The summed E-state index contributed by atoms with van der Waals surface area (Å²) in [7, 11) is 0. The molecule has 0 unspecified atom stereocenters. The first-order valence-electron chi connectivity index (χ1n) is 5.91. The van der Waals surface area contributed by atoms with E-state index in [2.05, 4.69) is 20.3 Å².